The molecule has 0 radical (unpaired) electrons. The van der Waals surface area contributed by atoms with Crippen LogP contribution in [0.3, 0.4) is 0 Å². The second-order valence-electron chi connectivity index (χ2n) is 6.24. The first kappa shape index (κ1) is 17.5. The summed E-state index contributed by atoms with van der Waals surface area (Å²) in [6, 6.07) is 0.824. The van der Waals surface area contributed by atoms with Gasteiger partial charge in [-0.25, -0.2) is 4.98 Å². The summed E-state index contributed by atoms with van der Waals surface area (Å²) in [5.41, 5.74) is -1.31. The number of hydrogen-bond acceptors (Lipinski definition) is 3. The van der Waals surface area contributed by atoms with Crippen LogP contribution in [0.15, 0.2) is 25.0 Å². The minimum atomic E-state index is -4.53. The molecular weight excluding hydrogens is 436 g/mol. The Hall–Kier alpha value is -1.29. The Morgan fingerprint density at radius 1 is 1.54 bits per heavy atom. The van der Waals surface area contributed by atoms with Crippen LogP contribution in [-0.2, 0) is 6.18 Å². The third-order valence-electron chi connectivity index (χ3n) is 4.15. The molecule has 0 bridgehead atoms. The summed E-state index contributed by atoms with van der Waals surface area (Å²) in [5, 5.41) is 9.89. The Morgan fingerprint density at radius 2 is 2.21 bits per heavy atom. The van der Waals surface area contributed by atoms with E-state index in [0.717, 1.165) is 6.07 Å². The number of nitrogens with zero attached hydrogens (tertiary/aromatic N) is 2. The Balaban J connectivity index is 2.16. The van der Waals surface area contributed by atoms with E-state index in [1.807, 2.05) is 22.6 Å². The van der Waals surface area contributed by atoms with Crippen LogP contribution >= 0.6 is 22.6 Å². The van der Waals surface area contributed by atoms with Crippen molar-refractivity contribution in [1.82, 2.24) is 9.55 Å². The quantitative estimate of drug-likeness (QED) is 0.556. The monoisotopic (exact) mass is 452 g/mol. The maximum atomic E-state index is 13.6. The van der Waals surface area contributed by atoms with Gasteiger partial charge in [-0.3, -0.25) is 0 Å². The molecule has 2 aromatic rings. The number of ether oxygens (including phenoxy) is 1. The van der Waals surface area contributed by atoms with Crippen LogP contribution in [0.2, 0.25) is 0 Å². The van der Waals surface area contributed by atoms with Crippen molar-refractivity contribution in [2.24, 2.45) is 0 Å². The lowest BCUT2D eigenvalue weighted by Gasteiger charge is -2.41. The lowest BCUT2D eigenvalue weighted by molar-refractivity contribution is -0.136. The van der Waals surface area contributed by atoms with Gasteiger partial charge in [-0.05, 0) is 48.4 Å². The second kappa shape index (κ2) is 5.91. The van der Waals surface area contributed by atoms with Gasteiger partial charge in [0.15, 0.2) is 0 Å². The number of aromatic nitrogens is 2. The molecule has 1 aromatic carbocycles. The minimum absolute atomic E-state index is 0.0401. The Morgan fingerprint density at radius 3 is 2.75 bits per heavy atom. The van der Waals surface area contributed by atoms with E-state index >= 15 is 0 Å². The van der Waals surface area contributed by atoms with Crippen molar-refractivity contribution in [1.29, 1.82) is 0 Å². The number of imidazole rings is 1. The topological polar surface area (TPSA) is 47.3 Å². The first-order valence-corrected chi connectivity index (χ1v) is 8.44. The van der Waals surface area contributed by atoms with Crippen molar-refractivity contribution in [3.05, 3.63) is 34.2 Å². The molecule has 3 rings (SSSR count). The van der Waals surface area contributed by atoms with E-state index < -0.39 is 17.3 Å². The van der Waals surface area contributed by atoms with Crippen LogP contribution in [0.25, 0.3) is 11.0 Å². The van der Waals surface area contributed by atoms with Gasteiger partial charge in [0.05, 0.1) is 26.6 Å². The van der Waals surface area contributed by atoms with E-state index in [1.165, 1.54) is 17.0 Å². The maximum absolute atomic E-state index is 13.6. The number of alkyl halides is 3. The predicted molar refractivity (Wildman–Crippen MR) is 92.0 cm³/mol. The van der Waals surface area contributed by atoms with Crippen molar-refractivity contribution in [2.75, 3.05) is 6.61 Å². The first-order valence-electron chi connectivity index (χ1n) is 7.36. The van der Waals surface area contributed by atoms with Crippen LogP contribution < -0.4 is 4.74 Å². The van der Waals surface area contributed by atoms with Gasteiger partial charge in [-0.15, -0.1) is 0 Å². The van der Waals surface area contributed by atoms with E-state index in [9.17, 15) is 18.3 Å². The smallest absolute Gasteiger partial charge is 0.418 e. The molecular formula is C16H16F3IN2O2. The Bertz CT molecular complexity index is 791. The van der Waals surface area contributed by atoms with Crippen molar-refractivity contribution < 1.29 is 23.0 Å². The molecule has 4 nitrogen and oxygen atoms in total. The Kier molecular flexibility index (Phi) is 4.31. The third-order valence-corrected chi connectivity index (χ3v) is 5.20. The molecule has 0 spiro atoms. The first-order chi connectivity index (χ1) is 11.1. The number of rotatable bonds is 4. The number of benzene rings is 1. The summed E-state index contributed by atoms with van der Waals surface area (Å²) < 4.78 is 48.1. The standard InChI is InChI=1S/C16H16F3IN2O2/c1-3-4-24-11-5-10(16(17,18)19)14-13(12(11)20)21-8-22(14)9-6-15(2,23)7-9/h3,5,8-9,23H,1,4,6-7H2,2H3. The lowest BCUT2D eigenvalue weighted by atomic mass is 9.77. The molecule has 1 fully saturated rings. The highest BCUT2D eigenvalue weighted by atomic mass is 127. The molecule has 1 aliphatic carbocycles. The molecule has 0 unspecified atom stereocenters. The minimum Gasteiger partial charge on any atom is -0.488 e. The molecule has 0 amide bonds. The van der Waals surface area contributed by atoms with Gasteiger partial charge in [0.2, 0.25) is 0 Å². The van der Waals surface area contributed by atoms with E-state index in [4.69, 9.17) is 4.74 Å². The molecule has 0 saturated heterocycles. The van der Waals surface area contributed by atoms with Crippen molar-refractivity contribution >= 4 is 33.6 Å². The average molecular weight is 452 g/mol. The summed E-state index contributed by atoms with van der Waals surface area (Å²) in [6.07, 6.45) is -0.830. The molecule has 0 atom stereocenters. The zero-order chi connectivity index (χ0) is 17.7. The molecule has 0 aliphatic heterocycles. The fraction of sp³-hybridized carbons (Fsp3) is 0.438. The molecule has 1 aromatic heterocycles. The molecule has 1 heterocycles. The van der Waals surface area contributed by atoms with E-state index in [-0.39, 0.29) is 29.4 Å². The highest BCUT2D eigenvalue weighted by Gasteiger charge is 2.42. The average Bonchev–Trinajstić information content (AvgIpc) is 2.87. The SMILES string of the molecule is C=CCOc1cc(C(F)(F)F)c2c(ncn2C2CC(C)(O)C2)c1I. The summed E-state index contributed by atoms with van der Waals surface area (Å²) in [5.74, 6) is 0.140. The highest BCUT2D eigenvalue weighted by Crippen LogP contribution is 2.46. The number of hydrogen-bond donors (Lipinski definition) is 1. The summed E-state index contributed by atoms with van der Waals surface area (Å²) in [4.78, 5) is 4.18. The molecule has 1 aliphatic rings. The van der Waals surface area contributed by atoms with E-state index in [1.54, 1.807) is 6.92 Å². The van der Waals surface area contributed by atoms with Crippen molar-refractivity contribution in [3.8, 4) is 5.75 Å². The van der Waals surface area contributed by atoms with Gasteiger partial charge >= 0.3 is 6.18 Å². The summed E-state index contributed by atoms with van der Waals surface area (Å²) >= 11 is 1.95. The second-order valence-corrected chi connectivity index (χ2v) is 7.32. The van der Waals surface area contributed by atoms with Crippen LogP contribution in [-0.4, -0.2) is 26.9 Å². The molecule has 1 saturated carbocycles. The van der Waals surface area contributed by atoms with E-state index in [0.29, 0.717) is 16.4 Å². The van der Waals surface area contributed by atoms with Crippen molar-refractivity contribution in [3.63, 3.8) is 0 Å². The van der Waals surface area contributed by atoms with Gasteiger partial charge in [0, 0.05) is 6.04 Å². The third kappa shape index (κ3) is 3.01. The van der Waals surface area contributed by atoms with Gasteiger partial charge in [-0.1, -0.05) is 12.7 Å². The summed E-state index contributed by atoms with van der Waals surface area (Å²) in [6.45, 7) is 5.30. The molecule has 1 N–H and O–H groups in total. The molecule has 130 valence electrons. The Labute approximate surface area is 150 Å². The van der Waals surface area contributed by atoms with Gasteiger partial charge in [0.25, 0.3) is 0 Å². The fourth-order valence-electron chi connectivity index (χ4n) is 3.07. The number of aliphatic hydroxyl groups is 1. The predicted octanol–water partition coefficient (Wildman–Crippen LogP) is 4.31. The number of halogens is 4. The van der Waals surface area contributed by atoms with E-state index in [2.05, 4.69) is 11.6 Å². The zero-order valence-electron chi connectivity index (χ0n) is 12.9. The highest BCUT2D eigenvalue weighted by molar-refractivity contribution is 14.1. The van der Waals surface area contributed by atoms with Crippen LogP contribution in [0.5, 0.6) is 5.75 Å². The normalized spacial score (nSPS) is 24.0. The summed E-state index contributed by atoms with van der Waals surface area (Å²) in [7, 11) is 0. The van der Waals surface area contributed by atoms with Crippen LogP contribution in [0, 0.1) is 3.57 Å². The fourth-order valence-corrected chi connectivity index (χ4v) is 3.77. The van der Waals surface area contributed by atoms with Gasteiger partial charge < -0.3 is 14.4 Å². The zero-order valence-corrected chi connectivity index (χ0v) is 15.1. The molecule has 24 heavy (non-hydrogen) atoms. The van der Waals surface area contributed by atoms with Crippen LogP contribution in [0.1, 0.15) is 31.4 Å². The van der Waals surface area contributed by atoms with Crippen LogP contribution in [0.4, 0.5) is 13.2 Å². The maximum Gasteiger partial charge on any atom is 0.418 e. The number of fused-ring (bicyclic) bond motifs is 1. The lowest BCUT2D eigenvalue weighted by Crippen LogP contribution is -2.41. The largest absolute Gasteiger partial charge is 0.488 e. The van der Waals surface area contributed by atoms with Gasteiger partial charge in [0.1, 0.15) is 17.9 Å². The molecule has 8 heteroatoms. The van der Waals surface area contributed by atoms with Gasteiger partial charge in [-0.2, -0.15) is 13.2 Å². The van der Waals surface area contributed by atoms with Crippen molar-refractivity contribution in [2.45, 2.75) is 37.6 Å².